The van der Waals surface area contributed by atoms with Gasteiger partial charge in [0.1, 0.15) is 0 Å². The minimum absolute atomic E-state index is 0.145. The summed E-state index contributed by atoms with van der Waals surface area (Å²) in [6, 6.07) is 12.9. The molecule has 118 valence electrons. The Morgan fingerprint density at radius 1 is 0.957 bits per heavy atom. The molecule has 3 amide bonds. The SMILES string of the molecule is NC(=O)c1ccc(NC(=O)C(=O)NCc2ccccc2Cl)cc1. The van der Waals surface area contributed by atoms with E-state index in [0.717, 1.165) is 0 Å². The highest BCUT2D eigenvalue weighted by molar-refractivity contribution is 6.39. The highest BCUT2D eigenvalue weighted by atomic mass is 35.5. The highest BCUT2D eigenvalue weighted by Crippen LogP contribution is 2.14. The zero-order valence-electron chi connectivity index (χ0n) is 12.0. The molecule has 0 radical (unpaired) electrons. The number of primary amides is 1. The van der Waals surface area contributed by atoms with E-state index in [-0.39, 0.29) is 6.54 Å². The molecule has 2 aromatic carbocycles. The van der Waals surface area contributed by atoms with E-state index in [0.29, 0.717) is 21.8 Å². The average Bonchev–Trinajstić information content (AvgIpc) is 2.54. The Bertz CT molecular complexity index is 744. The molecule has 0 aromatic heterocycles. The third-order valence-electron chi connectivity index (χ3n) is 3.03. The predicted octanol–water partition coefficient (Wildman–Crippen LogP) is 1.69. The number of hydrogen-bond donors (Lipinski definition) is 3. The van der Waals surface area contributed by atoms with E-state index >= 15 is 0 Å². The summed E-state index contributed by atoms with van der Waals surface area (Å²) in [6.45, 7) is 0.145. The molecule has 0 bridgehead atoms. The first-order valence-electron chi connectivity index (χ1n) is 6.70. The fourth-order valence-electron chi connectivity index (χ4n) is 1.80. The molecule has 0 saturated heterocycles. The van der Waals surface area contributed by atoms with Crippen molar-refractivity contribution in [3.63, 3.8) is 0 Å². The van der Waals surface area contributed by atoms with Crippen LogP contribution in [0.4, 0.5) is 5.69 Å². The number of halogens is 1. The van der Waals surface area contributed by atoms with Crippen LogP contribution in [0.15, 0.2) is 48.5 Å². The average molecular weight is 332 g/mol. The van der Waals surface area contributed by atoms with Crippen LogP contribution >= 0.6 is 11.6 Å². The number of carbonyl (C=O) groups is 3. The monoisotopic (exact) mass is 331 g/mol. The van der Waals surface area contributed by atoms with Crippen LogP contribution < -0.4 is 16.4 Å². The number of anilines is 1. The Morgan fingerprint density at radius 2 is 1.61 bits per heavy atom. The number of amides is 3. The summed E-state index contributed by atoms with van der Waals surface area (Å²) in [6.07, 6.45) is 0. The van der Waals surface area contributed by atoms with Crippen molar-refractivity contribution < 1.29 is 14.4 Å². The minimum atomic E-state index is -0.816. The maximum Gasteiger partial charge on any atom is 0.313 e. The van der Waals surface area contributed by atoms with Gasteiger partial charge in [-0.15, -0.1) is 0 Å². The molecule has 6 nitrogen and oxygen atoms in total. The van der Waals surface area contributed by atoms with E-state index in [4.69, 9.17) is 17.3 Å². The van der Waals surface area contributed by atoms with E-state index < -0.39 is 17.7 Å². The van der Waals surface area contributed by atoms with Crippen molar-refractivity contribution in [3.8, 4) is 0 Å². The largest absolute Gasteiger partial charge is 0.366 e. The van der Waals surface area contributed by atoms with Gasteiger partial charge in [0, 0.05) is 22.8 Å². The molecule has 0 unspecified atom stereocenters. The number of rotatable bonds is 4. The zero-order valence-corrected chi connectivity index (χ0v) is 12.8. The first-order chi connectivity index (χ1) is 11.0. The van der Waals surface area contributed by atoms with Crippen LogP contribution in [0.5, 0.6) is 0 Å². The molecule has 0 spiro atoms. The first-order valence-corrected chi connectivity index (χ1v) is 7.07. The topological polar surface area (TPSA) is 101 Å². The van der Waals surface area contributed by atoms with Crippen LogP contribution in [-0.4, -0.2) is 17.7 Å². The summed E-state index contributed by atoms with van der Waals surface area (Å²) in [5.41, 5.74) is 6.52. The molecule has 0 aliphatic heterocycles. The molecule has 4 N–H and O–H groups in total. The lowest BCUT2D eigenvalue weighted by Gasteiger charge is -2.08. The van der Waals surface area contributed by atoms with Crippen molar-refractivity contribution >= 4 is 35.0 Å². The lowest BCUT2D eigenvalue weighted by Crippen LogP contribution is -2.35. The number of benzene rings is 2. The Hall–Kier alpha value is -2.86. The van der Waals surface area contributed by atoms with Crippen molar-refractivity contribution in [3.05, 3.63) is 64.7 Å². The summed E-state index contributed by atoms with van der Waals surface area (Å²) >= 11 is 5.97. The van der Waals surface area contributed by atoms with Gasteiger partial charge in [-0.1, -0.05) is 29.8 Å². The molecule has 0 atom stereocenters. The number of carbonyl (C=O) groups excluding carboxylic acids is 3. The van der Waals surface area contributed by atoms with Crippen molar-refractivity contribution in [2.75, 3.05) is 5.32 Å². The molecule has 0 aliphatic rings. The second kappa shape index (κ2) is 7.42. The molecule has 23 heavy (non-hydrogen) atoms. The second-order valence-electron chi connectivity index (χ2n) is 4.67. The van der Waals surface area contributed by atoms with Gasteiger partial charge in [0.25, 0.3) is 0 Å². The van der Waals surface area contributed by atoms with Crippen molar-refractivity contribution in [1.82, 2.24) is 5.32 Å². The van der Waals surface area contributed by atoms with Gasteiger partial charge in [-0.05, 0) is 35.9 Å². The van der Waals surface area contributed by atoms with Gasteiger partial charge >= 0.3 is 11.8 Å². The van der Waals surface area contributed by atoms with Crippen LogP contribution in [0.2, 0.25) is 5.02 Å². The maximum absolute atomic E-state index is 11.8. The second-order valence-corrected chi connectivity index (χ2v) is 5.08. The van der Waals surface area contributed by atoms with Gasteiger partial charge in [0.2, 0.25) is 5.91 Å². The normalized spacial score (nSPS) is 9.96. The van der Waals surface area contributed by atoms with Gasteiger partial charge < -0.3 is 16.4 Å². The predicted molar refractivity (Wildman–Crippen MR) is 86.9 cm³/mol. The molecule has 0 saturated carbocycles. The molecule has 7 heteroatoms. The Labute approximate surface area is 137 Å². The highest BCUT2D eigenvalue weighted by Gasteiger charge is 2.14. The number of hydrogen-bond acceptors (Lipinski definition) is 3. The molecule has 2 rings (SSSR count). The fraction of sp³-hybridized carbons (Fsp3) is 0.0625. The standard InChI is InChI=1S/C16H14ClN3O3/c17-13-4-2-1-3-11(13)9-19-15(22)16(23)20-12-7-5-10(6-8-12)14(18)21/h1-8H,9H2,(H2,18,21)(H,19,22)(H,20,23). The van der Waals surface area contributed by atoms with E-state index in [2.05, 4.69) is 10.6 Å². The van der Waals surface area contributed by atoms with E-state index in [9.17, 15) is 14.4 Å². The molecule has 0 aliphatic carbocycles. The van der Waals surface area contributed by atoms with Gasteiger partial charge in [0.15, 0.2) is 0 Å². The number of nitrogens with two attached hydrogens (primary N) is 1. The van der Waals surface area contributed by atoms with Crippen LogP contribution in [0.3, 0.4) is 0 Å². The van der Waals surface area contributed by atoms with Gasteiger partial charge in [-0.3, -0.25) is 14.4 Å². The molecular formula is C16H14ClN3O3. The third kappa shape index (κ3) is 4.55. The van der Waals surface area contributed by atoms with Crippen LogP contribution in [-0.2, 0) is 16.1 Å². The number of nitrogens with one attached hydrogen (secondary N) is 2. The quantitative estimate of drug-likeness (QED) is 0.743. The van der Waals surface area contributed by atoms with Crippen molar-refractivity contribution in [2.24, 2.45) is 5.73 Å². The maximum atomic E-state index is 11.8. The van der Waals surface area contributed by atoms with Crippen LogP contribution in [0, 0.1) is 0 Å². The van der Waals surface area contributed by atoms with Crippen LogP contribution in [0.25, 0.3) is 0 Å². The smallest absolute Gasteiger partial charge is 0.313 e. The third-order valence-corrected chi connectivity index (χ3v) is 3.40. The van der Waals surface area contributed by atoms with Gasteiger partial charge in [-0.25, -0.2) is 0 Å². The summed E-state index contributed by atoms with van der Waals surface area (Å²) in [7, 11) is 0. The Morgan fingerprint density at radius 3 is 2.22 bits per heavy atom. The molecular weight excluding hydrogens is 318 g/mol. The molecule has 0 fully saturated rings. The van der Waals surface area contributed by atoms with E-state index in [1.54, 1.807) is 24.3 Å². The van der Waals surface area contributed by atoms with Crippen molar-refractivity contribution in [1.29, 1.82) is 0 Å². The molecule has 2 aromatic rings. The summed E-state index contributed by atoms with van der Waals surface area (Å²) < 4.78 is 0. The summed E-state index contributed by atoms with van der Waals surface area (Å²) in [4.78, 5) is 34.5. The Kier molecular flexibility index (Phi) is 5.32. The van der Waals surface area contributed by atoms with Gasteiger partial charge in [0.05, 0.1) is 0 Å². The van der Waals surface area contributed by atoms with Crippen molar-refractivity contribution in [2.45, 2.75) is 6.54 Å². The lowest BCUT2D eigenvalue weighted by atomic mass is 10.2. The summed E-state index contributed by atoms with van der Waals surface area (Å²) in [5, 5.41) is 5.41. The van der Waals surface area contributed by atoms with Crippen LogP contribution in [0.1, 0.15) is 15.9 Å². The first kappa shape index (κ1) is 16.5. The Balaban J connectivity index is 1.91. The molecule has 0 heterocycles. The van der Waals surface area contributed by atoms with Gasteiger partial charge in [-0.2, -0.15) is 0 Å². The fourth-order valence-corrected chi connectivity index (χ4v) is 2.01. The van der Waals surface area contributed by atoms with E-state index in [1.165, 1.54) is 24.3 Å². The van der Waals surface area contributed by atoms with E-state index in [1.807, 2.05) is 0 Å². The minimum Gasteiger partial charge on any atom is -0.366 e. The summed E-state index contributed by atoms with van der Waals surface area (Å²) in [5.74, 6) is -2.17. The lowest BCUT2D eigenvalue weighted by molar-refractivity contribution is -0.136. The zero-order chi connectivity index (χ0) is 16.8.